The van der Waals surface area contributed by atoms with Gasteiger partial charge in [0.1, 0.15) is 11.4 Å². The lowest BCUT2D eigenvalue weighted by atomic mass is 10.2. The third-order valence-electron chi connectivity index (χ3n) is 3.87. The number of furan rings is 1. The van der Waals surface area contributed by atoms with Crippen molar-refractivity contribution in [3.05, 3.63) is 60.2 Å². The maximum absolute atomic E-state index is 5.84. The normalized spacial score (nSPS) is 11.0. The van der Waals surface area contributed by atoms with Crippen LogP contribution in [0.5, 0.6) is 0 Å². The molecule has 0 aromatic carbocycles. The molecule has 8 nitrogen and oxygen atoms in total. The van der Waals surface area contributed by atoms with E-state index in [1.54, 1.807) is 23.1 Å². The fourth-order valence-corrected chi connectivity index (χ4v) is 2.62. The van der Waals surface area contributed by atoms with Crippen molar-refractivity contribution >= 4 is 5.95 Å². The molecule has 0 saturated carbocycles. The summed E-state index contributed by atoms with van der Waals surface area (Å²) in [6.45, 7) is 2.61. The quantitative estimate of drug-likeness (QED) is 0.591. The Morgan fingerprint density at radius 2 is 1.85 bits per heavy atom. The Balaban J connectivity index is 1.62. The minimum atomic E-state index is 0.153. The first-order valence-electron chi connectivity index (χ1n) is 8.25. The van der Waals surface area contributed by atoms with Gasteiger partial charge in [-0.1, -0.05) is 18.2 Å². The summed E-state index contributed by atoms with van der Waals surface area (Å²) in [5.74, 6) is 0.772. The Kier molecular flexibility index (Phi) is 4.14. The molecule has 0 fully saturated rings. The summed E-state index contributed by atoms with van der Waals surface area (Å²) in [6, 6.07) is 11.4. The Morgan fingerprint density at radius 1 is 1.00 bits per heavy atom. The van der Waals surface area contributed by atoms with Crippen molar-refractivity contribution in [3.8, 4) is 22.8 Å². The van der Waals surface area contributed by atoms with Crippen LogP contribution in [0, 0.1) is 0 Å². The van der Waals surface area contributed by atoms with E-state index >= 15 is 0 Å². The number of anilines is 1. The van der Waals surface area contributed by atoms with E-state index in [1.807, 2.05) is 30.5 Å². The van der Waals surface area contributed by atoms with Gasteiger partial charge in [-0.15, -0.1) is 5.10 Å². The van der Waals surface area contributed by atoms with E-state index in [2.05, 4.69) is 32.2 Å². The summed E-state index contributed by atoms with van der Waals surface area (Å²) in [5, 5.41) is 8.36. The zero-order chi connectivity index (χ0) is 17.9. The highest BCUT2D eigenvalue weighted by atomic mass is 16.3. The molecule has 0 bridgehead atoms. The molecule has 0 atom stereocenters. The summed E-state index contributed by atoms with van der Waals surface area (Å²) in [7, 11) is 0. The number of pyridine rings is 1. The minimum Gasteiger partial charge on any atom is -0.463 e. The molecule has 26 heavy (non-hydrogen) atoms. The average molecular weight is 347 g/mol. The maximum atomic E-state index is 5.84. The zero-order valence-electron chi connectivity index (χ0n) is 14.2. The van der Waals surface area contributed by atoms with Crippen LogP contribution in [0.3, 0.4) is 0 Å². The first kappa shape index (κ1) is 15.9. The van der Waals surface area contributed by atoms with Crippen LogP contribution >= 0.6 is 0 Å². The van der Waals surface area contributed by atoms with Crippen molar-refractivity contribution in [1.82, 2.24) is 29.9 Å². The van der Waals surface area contributed by atoms with E-state index in [0.717, 1.165) is 17.8 Å². The molecular formula is C18H17N7O. The van der Waals surface area contributed by atoms with Crippen molar-refractivity contribution in [3.63, 3.8) is 0 Å². The average Bonchev–Trinajstić information content (AvgIpc) is 3.33. The number of aryl methyl sites for hydroxylation is 1. The van der Waals surface area contributed by atoms with Crippen molar-refractivity contribution < 1.29 is 4.42 Å². The Morgan fingerprint density at radius 3 is 2.65 bits per heavy atom. The van der Waals surface area contributed by atoms with E-state index in [9.17, 15) is 0 Å². The van der Waals surface area contributed by atoms with Crippen molar-refractivity contribution in [1.29, 1.82) is 0 Å². The number of nitrogens with two attached hydrogens (primary N) is 1. The lowest BCUT2D eigenvalue weighted by Crippen LogP contribution is -2.03. The molecule has 0 spiro atoms. The zero-order valence-corrected chi connectivity index (χ0v) is 14.2. The molecule has 0 radical (unpaired) electrons. The van der Waals surface area contributed by atoms with E-state index in [4.69, 9.17) is 10.2 Å². The van der Waals surface area contributed by atoms with Crippen LogP contribution in [0.15, 0.2) is 53.3 Å². The molecule has 4 rings (SSSR count). The largest absolute Gasteiger partial charge is 0.463 e. The fourth-order valence-electron chi connectivity index (χ4n) is 2.62. The molecule has 0 unspecified atom stereocenters. The number of nitrogen functional groups attached to an aromatic ring is 1. The van der Waals surface area contributed by atoms with Gasteiger partial charge in [0.05, 0.1) is 30.4 Å². The first-order chi connectivity index (χ1) is 12.7. The SMILES string of the molecule is CCc1cccc(Cn2cc(-c3cc(-c4ccco4)nc(N)n3)nn2)n1. The smallest absolute Gasteiger partial charge is 0.221 e. The van der Waals surface area contributed by atoms with Gasteiger partial charge in [0.2, 0.25) is 5.95 Å². The number of nitrogens with zero attached hydrogens (tertiary/aromatic N) is 6. The second-order valence-electron chi connectivity index (χ2n) is 5.75. The lowest BCUT2D eigenvalue weighted by molar-refractivity contribution is 0.580. The number of aromatic nitrogens is 6. The molecule has 0 aliphatic rings. The van der Waals surface area contributed by atoms with Crippen molar-refractivity contribution in [2.24, 2.45) is 0 Å². The van der Waals surface area contributed by atoms with E-state index in [-0.39, 0.29) is 5.95 Å². The second kappa shape index (κ2) is 6.75. The van der Waals surface area contributed by atoms with E-state index in [0.29, 0.717) is 29.4 Å². The molecule has 0 aliphatic carbocycles. The van der Waals surface area contributed by atoms with Crippen LogP contribution in [-0.2, 0) is 13.0 Å². The van der Waals surface area contributed by atoms with Crippen LogP contribution in [-0.4, -0.2) is 29.9 Å². The minimum absolute atomic E-state index is 0.153. The standard InChI is InChI=1S/C18H17N7O/c1-2-12-5-3-6-13(20-12)10-25-11-16(23-24-25)14-9-15(22-18(19)21-14)17-7-4-8-26-17/h3-9,11H,2,10H2,1H3,(H2,19,21,22). The molecular weight excluding hydrogens is 330 g/mol. The third-order valence-corrected chi connectivity index (χ3v) is 3.87. The number of rotatable bonds is 5. The maximum Gasteiger partial charge on any atom is 0.221 e. The van der Waals surface area contributed by atoms with Gasteiger partial charge in [-0.05, 0) is 36.8 Å². The van der Waals surface area contributed by atoms with Crippen LogP contribution in [0.25, 0.3) is 22.8 Å². The summed E-state index contributed by atoms with van der Waals surface area (Å²) in [4.78, 5) is 13.0. The predicted octanol–water partition coefficient (Wildman–Crippen LogP) is 2.58. The molecule has 4 aromatic heterocycles. The van der Waals surface area contributed by atoms with Crippen LogP contribution in [0.4, 0.5) is 5.95 Å². The highest BCUT2D eigenvalue weighted by Gasteiger charge is 2.12. The van der Waals surface area contributed by atoms with Crippen LogP contribution < -0.4 is 5.73 Å². The van der Waals surface area contributed by atoms with Crippen molar-refractivity contribution in [2.75, 3.05) is 5.73 Å². The van der Waals surface area contributed by atoms with Gasteiger partial charge in [0.15, 0.2) is 5.76 Å². The molecule has 8 heteroatoms. The summed E-state index contributed by atoms with van der Waals surface area (Å²) < 4.78 is 7.10. The van der Waals surface area contributed by atoms with E-state index < -0.39 is 0 Å². The topological polar surface area (TPSA) is 109 Å². The van der Waals surface area contributed by atoms with Gasteiger partial charge in [0, 0.05) is 5.69 Å². The summed E-state index contributed by atoms with van der Waals surface area (Å²) in [5.41, 5.74) is 9.62. The Bertz CT molecular complexity index is 1020. The number of hydrogen-bond donors (Lipinski definition) is 1. The Labute approximate surface area is 149 Å². The summed E-state index contributed by atoms with van der Waals surface area (Å²) >= 11 is 0. The monoisotopic (exact) mass is 347 g/mol. The molecule has 4 aromatic rings. The van der Waals surface area contributed by atoms with Crippen LogP contribution in [0.1, 0.15) is 18.3 Å². The van der Waals surface area contributed by atoms with Gasteiger partial charge < -0.3 is 10.2 Å². The highest BCUT2D eigenvalue weighted by molar-refractivity contribution is 5.63. The van der Waals surface area contributed by atoms with Gasteiger partial charge in [-0.25, -0.2) is 14.6 Å². The summed E-state index contributed by atoms with van der Waals surface area (Å²) in [6.07, 6.45) is 4.29. The van der Waals surface area contributed by atoms with Gasteiger partial charge >= 0.3 is 0 Å². The third kappa shape index (κ3) is 3.30. The molecule has 2 N–H and O–H groups in total. The van der Waals surface area contributed by atoms with Gasteiger partial charge in [-0.2, -0.15) is 0 Å². The molecule has 4 heterocycles. The van der Waals surface area contributed by atoms with Crippen molar-refractivity contribution in [2.45, 2.75) is 19.9 Å². The molecule has 0 amide bonds. The Hall–Kier alpha value is -3.55. The number of hydrogen-bond acceptors (Lipinski definition) is 7. The van der Waals surface area contributed by atoms with Crippen LogP contribution in [0.2, 0.25) is 0 Å². The van der Waals surface area contributed by atoms with Gasteiger partial charge in [-0.3, -0.25) is 4.98 Å². The molecule has 0 saturated heterocycles. The molecule has 130 valence electrons. The predicted molar refractivity (Wildman–Crippen MR) is 95.9 cm³/mol. The lowest BCUT2D eigenvalue weighted by Gasteiger charge is -2.03. The highest BCUT2D eigenvalue weighted by Crippen LogP contribution is 2.23. The first-order valence-corrected chi connectivity index (χ1v) is 8.25. The fraction of sp³-hybridized carbons (Fsp3) is 0.167. The molecule has 0 aliphatic heterocycles. The second-order valence-corrected chi connectivity index (χ2v) is 5.75. The van der Waals surface area contributed by atoms with Gasteiger partial charge in [0.25, 0.3) is 0 Å². The van der Waals surface area contributed by atoms with E-state index in [1.165, 1.54) is 0 Å².